The Morgan fingerprint density at radius 2 is 2.06 bits per heavy atom. The van der Waals surface area contributed by atoms with E-state index in [1.807, 2.05) is 0 Å². The van der Waals surface area contributed by atoms with Crippen LogP contribution in [-0.2, 0) is 6.42 Å². The van der Waals surface area contributed by atoms with Crippen LogP contribution in [0.2, 0.25) is 0 Å². The molecule has 1 aromatic carbocycles. The molecule has 0 amide bonds. The Bertz CT molecular complexity index is 314. The predicted molar refractivity (Wildman–Crippen MR) is 71.6 cm³/mol. The fraction of sp³-hybridized carbons (Fsp3) is 0.600. The van der Waals surface area contributed by atoms with Gasteiger partial charge in [0, 0.05) is 6.04 Å². The van der Waals surface area contributed by atoms with Crippen molar-refractivity contribution in [3.63, 3.8) is 0 Å². The van der Waals surface area contributed by atoms with Gasteiger partial charge in [0.1, 0.15) is 5.75 Å². The lowest BCUT2D eigenvalue weighted by Crippen LogP contribution is -2.35. The van der Waals surface area contributed by atoms with Gasteiger partial charge in [0.05, 0.1) is 6.61 Å². The molecular formula is C15H23NO. The van der Waals surface area contributed by atoms with Gasteiger partial charge in [-0.15, -0.1) is 0 Å². The van der Waals surface area contributed by atoms with Gasteiger partial charge in [0.2, 0.25) is 0 Å². The second-order valence-corrected chi connectivity index (χ2v) is 4.78. The minimum absolute atomic E-state index is 0.665. The Morgan fingerprint density at radius 3 is 2.71 bits per heavy atom. The summed E-state index contributed by atoms with van der Waals surface area (Å²) in [5, 5.41) is 3.54. The Morgan fingerprint density at radius 1 is 1.24 bits per heavy atom. The van der Waals surface area contributed by atoms with Gasteiger partial charge in [-0.2, -0.15) is 0 Å². The molecule has 1 atom stereocenters. The zero-order valence-electron chi connectivity index (χ0n) is 10.7. The summed E-state index contributed by atoms with van der Waals surface area (Å²) in [6.07, 6.45) is 6.21. The average molecular weight is 233 g/mol. The van der Waals surface area contributed by atoms with E-state index >= 15 is 0 Å². The molecule has 1 N–H and O–H groups in total. The summed E-state index contributed by atoms with van der Waals surface area (Å²) in [6.45, 7) is 4.17. The lowest BCUT2D eigenvalue weighted by molar-refractivity contribution is 0.268. The monoisotopic (exact) mass is 233 g/mol. The molecule has 0 radical (unpaired) electrons. The summed E-state index contributed by atoms with van der Waals surface area (Å²) in [6, 6.07) is 9.11. The van der Waals surface area contributed by atoms with Crippen molar-refractivity contribution in [3.05, 3.63) is 29.8 Å². The zero-order chi connectivity index (χ0) is 11.9. The summed E-state index contributed by atoms with van der Waals surface area (Å²) in [4.78, 5) is 0. The quantitative estimate of drug-likeness (QED) is 0.843. The van der Waals surface area contributed by atoms with Crippen LogP contribution in [-0.4, -0.2) is 19.2 Å². The SMILES string of the molecule is CCc1ccc(OCC[C@H]2CCCCN2)cc1. The highest BCUT2D eigenvalue weighted by molar-refractivity contribution is 5.27. The fourth-order valence-electron chi connectivity index (χ4n) is 2.31. The number of hydrogen-bond donors (Lipinski definition) is 1. The van der Waals surface area contributed by atoms with Crippen LogP contribution in [0.4, 0.5) is 0 Å². The normalized spacial score (nSPS) is 20.2. The maximum Gasteiger partial charge on any atom is 0.119 e. The van der Waals surface area contributed by atoms with Gasteiger partial charge in [-0.3, -0.25) is 0 Å². The van der Waals surface area contributed by atoms with Gasteiger partial charge in [-0.25, -0.2) is 0 Å². The van der Waals surface area contributed by atoms with Crippen molar-refractivity contribution in [2.75, 3.05) is 13.2 Å². The summed E-state index contributed by atoms with van der Waals surface area (Å²) in [5.74, 6) is 0.998. The molecular weight excluding hydrogens is 210 g/mol. The minimum Gasteiger partial charge on any atom is -0.494 e. The number of nitrogens with one attached hydrogen (secondary N) is 1. The first kappa shape index (κ1) is 12.4. The van der Waals surface area contributed by atoms with E-state index in [9.17, 15) is 0 Å². The largest absolute Gasteiger partial charge is 0.494 e. The molecule has 0 spiro atoms. The molecule has 2 rings (SSSR count). The third kappa shape index (κ3) is 4.04. The number of ether oxygens (including phenoxy) is 1. The topological polar surface area (TPSA) is 21.3 Å². The van der Waals surface area contributed by atoms with Crippen molar-refractivity contribution in [2.24, 2.45) is 0 Å². The van der Waals surface area contributed by atoms with Crippen LogP contribution in [0.1, 0.15) is 38.2 Å². The van der Waals surface area contributed by atoms with E-state index in [1.54, 1.807) is 0 Å². The number of rotatable bonds is 5. The average Bonchev–Trinajstić information content (AvgIpc) is 2.41. The van der Waals surface area contributed by atoms with Crippen LogP contribution >= 0.6 is 0 Å². The number of benzene rings is 1. The van der Waals surface area contributed by atoms with Gasteiger partial charge in [-0.05, 0) is 49.9 Å². The first-order valence-corrected chi connectivity index (χ1v) is 6.83. The molecule has 2 nitrogen and oxygen atoms in total. The van der Waals surface area contributed by atoms with Crippen molar-refractivity contribution in [1.29, 1.82) is 0 Å². The zero-order valence-corrected chi connectivity index (χ0v) is 10.7. The van der Waals surface area contributed by atoms with E-state index in [-0.39, 0.29) is 0 Å². The van der Waals surface area contributed by atoms with Crippen LogP contribution in [0.15, 0.2) is 24.3 Å². The second-order valence-electron chi connectivity index (χ2n) is 4.78. The molecule has 0 bridgehead atoms. The van der Waals surface area contributed by atoms with Crippen molar-refractivity contribution in [2.45, 2.75) is 45.1 Å². The molecule has 1 fully saturated rings. The standard InChI is InChI=1S/C15H23NO/c1-2-13-6-8-15(9-7-13)17-12-10-14-5-3-4-11-16-14/h6-9,14,16H,2-5,10-12H2,1H3/t14-/m1/s1. The number of hydrogen-bond acceptors (Lipinski definition) is 2. The molecule has 2 heteroatoms. The van der Waals surface area contributed by atoms with Gasteiger partial charge in [-0.1, -0.05) is 25.5 Å². The van der Waals surface area contributed by atoms with Crippen molar-refractivity contribution in [1.82, 2.24) is 5.32 Å². The first-order valence-electron chi connectivity index (χ1n) is 6.83. The van der Waals surface area contributed by atoms with Gasteiger partial charge >= 0.3 is 0 Å². The van der Waals surface area contributed by atoms with Crippen LogP contribution in [0.3, 0.4) is 0 Å². The van der Waals surface area contributed by atoms with Gasteiger partial charge in [0.25, 0.3) is 0 Å². The van der Waals surface area contributed by atoms with E-state index in [0.29, 0.717) is 6.04 Å². The van der Waals surface area contributed by atoms with Crippen molar-refractivity contribution < 1.29 is 4.74 Å². The molecule has 0 aliphatic carbocycles. The molecule has 0 saturated carbocycles. The van der Waals surface area contributed by atoms with E-state index in [2.05, 4.69) is 36.5 Å². The molecule has 94 valence electrons. The van der Waals surface area contributed by atoms with E-state index in [1.165, 1.54) is 31.4 Å². The maximum atomic E-state index is 5.77. The highest BCUT2D eigenvalue weighted by atomic mass is 16.5. The summed E-state index contributed by atoms with van der Waals surface area (Å²) in [5.41, 5.74) is 1.37. The molecule has 0 unspecified atom stereocenters. The number of piperidine rings is 1. The Balaban J connectivity index is 1.69. The molecule has 1 aliphatic heterocycles. The minimum atomic E-state index is 0.665. The van der Waals surface area contributed by atoms with Crippen molar-refractivity contribution in [3.8, 4) is 5.75 Å². The van der Waals surface area contributed by atoms with Crippen LogP contribution in [0.25, 0.3) is 0 Å². The smallest absolute Gasteiger partial charge is 0.119 e. The molecule has 17 heavy (non-hydrogen) atoms. The molecule has 1 aromatic rings. The molecule has 1 heterocycles. The lowest BCUT2D eigenvalue weighted by atomic mass is 10.0. The first-order chi connectivity index (χ1) is 8.38. The maximum absolute atomic E-state index is 5.77. The van der Waals surface area contributed by atoms with E-state index in [0.717, 1.165) is 25.2 Å². The predicted octanol–water partition coefficient (Wildman–Crippen LogP) is 3.16. The van der Waals surface area contributed by atoms with E-state index in [4.69, 9.17) is 4.74 Å². The van der Waals surface area contributed by atoms with Crippen LogP contribution in [0, 0.1) is 0 Å². The van der Waals surface area contributed by atoms with Crippen LogP contribution < -0.4 is 10.1 Å². The van der Waals surface area contributed by atoms with Gasteiger partial charge < -0.3 is 10.1 Å². The Hall–Kier alpha value is -1.02. The Kier molecular flexibility index (Phi) is 4.87. The third-order valence-electron chi connectivity index (χ3n) is 3.48. The summed E-state index contributed by atoms with van der Waals surface area (Å²) < 4.78 is 5.77. The van der Waals surface area contributed by atoms with Crippen LogP contribution in [0.5, 0.6) is 5.75 Å². The molecule has 0 aromatic heterocycles. The molecule has 1 saturated heterocycles. The third-order valence-corrected chi connectivity index (χ3v) is 3.48. The van der Waals surface area contributed by atoms with Gasteiger partial charge in [0.15, 0.2) is 0 Å². The molecule has 1 aliphatic rings. The summed E-state index contributed by atoms with van der Waals surface area (Å²) in [7, 11) is 0. The number of aryl methyl sites for hydroxylation is 1. The van der Waals surface area contributed by atoms with E-state index < -0.39 is 0 Å². The highest BCUT2D eigenvalue weighted by Gasteiger charge is 2.11. The summed E-state index contributed by atoms with van der Waals surface area (Å²) >= 11 is 0. The highest BCUT2D eigenvalue weighted by Crippen LogP contribution is 2.14. The van der Waals surface area contributed by atoms with Crippen molar-refractivity contribution >= 4 is 0 Å². The second kappa shape index (κ2) is 6.65. The Labute approximate surface area is 104 Å². The fourth-order valence-corrected chi connectivity index (χ4v) is 2.31. The lowest BCUT2D eigenvalue weighted by Gasteiger charge is -2.23.